The van der Waals surface area contributed by atoms with Crippen LogP contribution in [0.4, 0.5) is 0 Å². The molecule has 104 valence electrons. The van der Waals surface area contributed by atoms with Crippen molar-refractivity contribution in [3.05, 3.63) is 0 Å². The highest BCUT2D eigenvalue weighted by molar-refractivity contribution is 7.98. The third kappa shape index (κ3) is 16.3. The van der Waals surface area contributed by atoms with Gasteiger partial charge in [-0.25, -0.2) is 0 Å². The van der Waals surface area contributed by atoms with Crippen molar-refractivity contribution in [2.75, 3.05) is 18.6 Å². The van der Waals surface area contributed by atoms with Crippen molar-refractivity contribution in [2.45, 2.75) is 77.0 Å². The van der Waals surface area contributed by atoms with Gasteiger partial charge in [0.25, 0.3) is 0 Å². The Kier molecular flexibility index (Phi) is 16.6. The molecule has 0 atom stereocenters. The quantitative estimate of drug-likeness (QED) is 0.445. The zero-order valence-corrected chi connectivity index (χ0v) is 12.7. The topological polar surface area (TPSA) is 26.0 Å². The summed E-state index contributed by atoms with van der Waals surface area (Å²) in [5.74, 6) is 1.35. The molecule has 0 amide bonds. The van der Waals surface area contributed by atoms with Crippen LogP contribution in [-0.4, -0.2) is 18.6 Å². The van der Waals surface area contributed by atoms with Crippen molar-refractivity contribution in [1.29, 1.82) is 0 Å². The van der Waals surface area contributed by atoms with Crippen molar-refractivity contribution in [3.63, 3.8) is 0 Å². The van der Waals surface area contributed by atoms with E-state index in [1.807, 2.05) is 11.8 Å². The maximum atomic E-state index is 5.47. The highest BCUT2D eigenvalue weighted by Gasteiger charge is 1.93. The standard InChI is InChI=1S/C15H33NS/c1-17-15-13-11-9-7-5-3-2-4-6-8-10-12-14-16/h2-16H2,1H3. The number of unbranched alkanes of at least 4 members (excludes halogenated alkanes) is 11. The van der Waals surface area contributed by atoms with E-state index in [2.05, 4.69) is 6.26 Å². The molecule has 0 fully saturated rings. The minimum absolute atomic E-state index is 0.872. The Balaban J connectivity index is 2.85. The fraction of sp³-hybridized carbons (Fsp3) is 1.00. The Bertz CT molecular complexity index is 114. The molecule has 0 radical (unpaired) electrons. The molecular weight excluding hydrogens is 226 g/mol. The van der Waals surface area contributed by atoms with Crippen LogP contribution < -0.4 is 5.73 Å². The van der Waals surface area contributed by atoms with E-state index in [9.17, 15) is 0 Å². The molecule has 2 N–H and O–H groups in total. The lowest BCUT2D eigenvalue weighted by molar-refractivity contribution is 0.545. The predicted molar refractivity (Wildman–Crippen MR) is 82.8 cm³/mol. The number of hydrogen-bond acceptors (Lipinski definition) is 2. The lowest BCUT2D eigenvalue weighted by Gasteiger charge is -2.02. The average molecular weight is 260 g/mol. The van der Waals surface area contributed by atoms with Gasteiger partial charge in [-0.15, -0.1) is 0 Å². The van der Waals surface area contributed by atoms with Gasteiger partial charge in [-0.3, -0.25) is 0 Å². The Labute approximate surface area is 113 Å². The van der Waals surface area contributed by atoms with E-state index in [-0.39, 0.29) is 0 Å². The van der Waals surface area contributed by atoms with E-state index < -0.39 is 0 Å². The van der Waals surface area contributed by atoms with Crippen LogP contribution in [0.2, 0.25) is 0 Å². The van der Waals surface area contributed by atoms with Gasteiger partial charge < -0.3 is 5.73 Å². The van der Waals surface area contributed by atoms with Gasteiger partial charge in [0.2, 0.25) is 0 Å². The van der Waals surface area contributed by atoms with Crippen molar-refractivity contribution in [2.24, 2.45) is 5.73 Å². The first-order chi connectivity index (χ1) is 8.41. The smallest absolute Gasteiger partial charge is 0.00703 e. The van der Waals surface area contributed by atoms with Crippen molar-refractivity contribution >= 4 is 11.8 Å². The Morgan fingerprint density at radius 2 is 0.941 bits per heavy atom. The molecular formula is C15H33NS. The van der Waals surface area contributed by atoms with Gasteiger partial charge in [-0.2, -0.15) is 11.8 Å². The predicted octanol–water partition coefficient (Wildman–Crippen LogP) is 4.99. The first-order valence-corrected chi connectivity index (χ1v) is 9.00. The van der Waals surface area contributed by atoms with Crippen molar-refractivity contribution < 1.29 is 0 Å². The largest absolute Gasteiger partial charge is 0.330 e. The summed E-state index contributed by atoms with van der Waals surface area (Å²) in [5.41, 5.74) is 5.47. The van der Waals surface area contributed by atoms with E-state index in [4.69, 9.17) is 5.73 Å². The molecule has 2 heteroatoms. The SMILES string of the molecule is CSCCCCCCCCCCCCCCN. The average Bonchev–Trinajstić information content (AvgIpc) is 2.35. The second kappa shape index (κ2) is 16.3. The van der Waals surface area contributed by atoms with Crippen molar-refractivity contribution in [3.8, 4) is 0 Å². The zero-order valence-electron chi connectivity index (χ0n) is 11.9. The first-order valence-electron chi connectivity index (χ1n) is 7.61. The molecule has 0 aromatic carbocycles. The summed E-state index contributed by atoms with van der Waals surface area (Å²) < 4.78 is 0. The third-order valence-corrected chi connectivity index (χ3v) is 4.00. The van der Waals surface area contributed by atoms with E-state index in [0.717, 1.165) is 6.54 Å². The second-order valence-corrected chi connectivity index (χ2v) is 6.01. The molecule has 0 saturated carbocycles. The van der Waals surface area contributed by atoms with Gasteiger partial charge in [0.1, 0.15) is 0 Å². The maximum absolute atomic E-state index is 5.47. The van der Waals surface area contributed by atoms with Crippen LogP contribution >= 0.6 is 11.8 Å². The van der Waals surface area contributed by atoms with Crippen LogP contribution in [0.1, 0.15) is 77.0 Å². The number of rotatable bonds is 14. The van der Waals surface area contributed by atoms with E-state index in [1.54, 1.807) is 0 Å². The van der Waals surface area contributed by atoms with Crippen LogP contribution in [0.15, 0.2) is 0 Å². The lowest BCUT2D eigenvalue weighted by Crippen LogP contribution is -1.97. The normalized spacial score (nSPS) is 10.9. The van der Waals surface area contributed by atoms with Crippen LogP contribution in [0.5, 0.6) is 0 Å². The van der Waals surface area contributed by atoms with Crippen molar-refractivity contribution in [1.82, 2.24) is 0 Å². The molecule has 0 bridgehead atoms. The van der Waals surface area contributed by atoms with Crippen LogP contribution in [0.25, 0.3) is 0 Å². The van der Waals surface area contributed by atoms with E-state index in [1.165, 1.54) is 82.8 Å². The zero-order chi connectivity index (χ0) is 12.6. The molecule has 1 nitrogen and oxygen atoms in total. The molecule has 0 unspecified atom stereocenters. The summed E-state index contributed by atoms with van der Waals surface area (Å²) in [7, 11) is 0. The molecule has 0 spiro atoms. The Hall–Kier alpha value is 0.310. The summed E-state index contributed by atoms with van der Waals surface area (Å²) in [6.45, 7) is 0.872. The molecule has 0 aromatic rings. The monoisotopic (exact) mass is 259 g/mol. The molecule has 0 heterocycles. The van der Waals surface area contributed by atoms with Gasteiger partial charge in [0.15, 0.2) is 0 Å². The highest BCUT2D eigenvalue weighted by atomic mass is 32.2. The minimum Gasteiger partial charge on any atom is -0.330 e. The number of nitrogens with two attached hydrogens (primary N) is 1. The van der Waals surface area contributed by atoms with Gasteiger partial charge in [0.05, 0.1) is 0 Å². The summed E-state index contributed by atoms with van der Waals surface area (Å²) in [5, 5.41) is 0. The molecule has 0 aromatic heterocycles. The molecule has 0 aliphatic rings. The van der Waals surface area contributed by atoms with Gasteiger partial charge in [0, 0.05) is 0 Å². The summed E-state index contributed by atoms with van der Waals surface area (Å²) in [6, 6.07) is 0. The van der Waals surface area contributed by atoms with E-state index in [0.29, 0.717) is 0 Å². The first kappa shape index (κ1) is 17.3. The molecule has 0 aliphatic heterocycles. The molecule has 0 rings (SSSR count). The van der Waals surface area contributed by atoms with Gasteiger partial charge in [-0.05, 0) is 31.4 Å². The van der Waals surface area contributed by atoms with Gasteiger partial charge >= 0.3 is 0 Å². The summed E-state index contributed by atoms with van der Waals surface area (Å²) in [6.07, 6.45) is 19.2. The number of thioether (sulfide) groups is 1. The molecule has 17 heavy (non-hydrogen) atoms. The van der Waals surface area contributed by atoms with Crippen LogP contribution in [0.3, 0.4) is 0 Å². The lowest BCUT2D eigenvalue weighted by atomic mass is 10.1. The molecule has 0 aliphatic carbocycles. The number of hydrogen-bond donors (Lipinski definition) is 1. The maximum Gasteiger partial charge on any atom is -0.00703 e. The summed E-state index contributed by atoms with van der Waals surface area (Å²) >= 11 is 1.98. The summed E-state index contributed by atoms with van der Waals surface area (Å²) in [4.78, 5) is 0. The van der Waals surface area contributed by atoms with Crippen LogP contribution in [-0.2, 0) is 0 Å². The second-order valence-electron chi connectivity index (χ2n) is 5.02. The highest BCUT2D eigenvalue weighted by Crippen LogP contribution is 2.12. The minimum atomic E-state index is 0.872. The van der Waals surface area contributed by atoms with Gasteiger partial charge in [-0.1, -0.05) is 64.2 Å². The third-order valence-electron chi connectivity index (χ3n) is 3.30. The fourth-order valence-corrected chi connectivity index (χ4v) is 2.65. The molecule has 0 saturated heterocycles. The Morgan fingerprint density at radius 1 is 0.588 bits per heavy atom. The fourth-order valence-electron chi connectivity index (χ4n) is 2.16. The van der Waals surface area contributed by atoms with E-state index >= 15 is 0 Å². The Morgan fingerprint density at radius 3 is 1.29 bits per heavy atom. The van der Waals surface area contributed by atoms with Crippen LogP contribution in [0, 0.1) is 0 Å².